The summed E-state index contributed by atoms with van der Waals surface area (Å²) in [5.74, 6) is -1.39. The molecule has 0 bridgehead atoms. The van der Waals surface area contributed by atoms with Gasteiger partial charge in [-0.3, -0.25) is 0 Å². The number of rotatable bonds is 10. The van der Waals surface area contributed by atoms with E-state index in [1.165, 1.54) is 31.7 Å². The van der Waals surface area contributed by atoms with E-state index in [9.17, 15) is 13.9 Å². The average molecular weight is 285 g/mol. The molecule has 0 saturated carbocycles. The first-order valence-corrected chi connectivity index (χ1v) is 7.49. The second-order valence-corrected chi connectivity index (χ2v) is 5.12. The second kappa shape index (κ2) is 9.83. The summed E-state index contributed by atoms with van der Waals surface area (Å²) in [5, 5.41) is 12.9. The van der Waals surface area contributed by atoms with E-state index in [2.05, 4.69) is 12.2 Å². The maximum absolute atomic E-state index is 13.4. The van der Waals surface area contributed by atoms with E-state index in [1.54, 1.807) is 0 Å². The molecule has 0 saturated heterocycles. The summed E-state index contributed by atoms with van der Waals surface area (Å²) in [6.45, 7) is 3.12. The molecule has 0 aromatic heterocycles. The number of nitrogens with one attached hydrogen (secondary N) is 1. The summed E-state index contributed by atoms with van der Waals surface area (Å²) in [4.78, 5) is 0. The Morgan fingerprint density at radius 2 is 1.65 bits per heavy atom. The maximum atomic E-state index is 13.4. The lowest BCUT2D eigenvalue weighted by molar-refractivity contribution is 0.165. The van der Waals surface area contributed by atoms with E-state index < -0.39 is 17.7 Å². The summed E-state index contributed by atoms with van der Waals surface area (Å²) in [7, 11) is 0. The van der Waals surface area contributed by atoms with Gasteiger partial charge in [-0.25, -0.2) is 8.78 Å². The van der Waals surface area contributed by atoms with Crippen molar-refractivity contribution in [2.24, 2.45) is 0 Å². The number of hydrogen-bond acceptors (Lipinski definition) is 2. The Bertz CT molecular complexity index is 364. The zero-order valence-electron chi connectivity index (χ0n) is 12.2. The zero-order valence-corrected chi connectivity index (χ0v) is 12.2. The van der Waals surface area contributed by atoms with Gasteiger partial charge in [0.15, 0.2) is 0 Å². The molecular formula is C16H25F2NO. The summed E-state index contributed by atoms with van der Waals surface area (Å²) < 4.78 is 26.8. The molecule has 2 N–H and O–H groups in total. The van der Waals surface area contributed by atoms with Gasteiger partial charge in [0.25, 0.3) is 0 Å². The molecule has 0 heterocycles. The van der Waals surface area contributed by atoms with Gasteiger partial charge in [0.05, 0.1) is 11.7 Å². The molecule has 0 fully saturated rings. The van der Waals surface area contributed by atoms with Crippen molar-refractivity contribution in [3.05, 3.63) is 35.4 Å². The highest BCUT2D eigenvalue weighted by atomic mass is 19.1. The van der Waals surface area contributed by atoms with Crippen LogP contribution in [0.25, 0.3) is 0 Å². The third-order valence-electron chi connectivity index (χ3n) is 3.38. The van der Waals surface area contributed by atoms with Crippen LogP contribution in [0.4, 0.5) is 8.78 Å². The first-order chi connectivity index (χ1) is 9.66. The van der Waals surface area contributed by atoms with Gasteiger partial charge in [-0.1, -0.05) is 45.1 Å². The fourth-order valence-electron chi connectivity index (χ4n) is 2.20. The van der Waals surface area contributed by atoms with Gasteiger partial charge in [0.2, 0.25) is 0 Å². The number of unbranched alkanes of at least 4 members (excludes halogenated alkanes) is 5. The largest absolute Gasteiger partial charge is 0.387 e. The van der Waals surface area contributed by atoms with Gasteiger partial charge in [0.1, 0.15) is 11.6 Å². The number of benzene rings is 1. The standard InChI is InChI=1S/C16H25F2NO/c1-2-3-4-5-6-7-11-19-12-15(20)16-13(17)9-8-10-14(16)18/h8-10,15,19-20H,2-7,11-12H2,1H3. The Labute approximate surface area is 120 Å². The van der Waals surface area contributed by atoms with Crippen LogP contribution in [0.1, 0.15) is 57.1 Å². The summed E-state index contributed by atoms with van der Waals surface area (Å²) in [6.07, 6.45) is 6.03. The van der Waals surface area contributed by atoms with E-state index in [1.807, 2.05) is 0 Å². The van der Waals surface area contributed by atoms with Crippen LogP contribution in [0.15, 0.2) is 18.2 Å². The molecule has 1 aromatic carbocycles. The average Bonchev–Trinajstić information content (AvgIpc) is 2.41. The molecule has 1 rings (SSSR count). The van der Waals surface area contributed by atoms with E-state index in [0.29, 0.717) is 0 Å². The first-order valence-electron chi connectivity index (χ1n) is 7.49. The second-order valence-electron chi connectivity index (χ2n) is 5.12. The van der Waals surface area contributed by atoms with Crippen LogP contribution in [0.3, 0.4) is 0 Å². The van der Waals surface area contributed by atoms with Crippen molar-refractivity contribution in [2.75, 3.05) is 13.1 Å². The van der Waals surface area contributed by atoms with Gasteiger partial charge in [-0.05, 0) is 25.1 Å². The number of halogens is 2. The summed E-state index contributed by atoms with van der Waals surface area (Å²) >= 11 is 0. The minimum Gasteiger partial charge on any atom is -0.387 e. The maximum Gasteiger partial charge on any atom is 0.131 e. The fourth-order valence-corrected chi connectivity index (χ4v) is 2.20. The topological polar surface area (TPSA) is 32.3 Å². The van der Waals surface area contributed by atoms with Crippen LogP contribution >= 0.6 is 0 Å². The molecule has 0 radical (unpaired) electrons. The lowest BCUT2D eigenvalue weighted by Gasteiger charge is -2.13. The minimum absolute atomic E-state index is 0.173. The molecule has 0 aliphatic carbocycles. The van der Waals surface area contributed by atoms with E-state index >= 15 is 0 Å². The van der Waals surface area contributed by atoms with Crippen molar-refractivity contribution in [3.63, 3.8) is 0 Å². The monoisotopic (exact) mass is 285 g/mol. The van der Waals surface area contributed by atoms with Crippen molar-refractivity contribution in [3.8, 4) is 0 Å². The Hall–Kier alpha value is -1.00. The van der Waals surface area contributed by atoms with Gasteiger partial charge in [0, 0.05) is 6.54 Å². The molecule has 2 nitrogen and oxygen atoms in total. The van der Waals surface area contributed by atoms with E-state index in [4.69, 9.17) is 0 Å². The van der Waals surface area contributed by atoms with Gasteiger partial charge in [-0.2, -0.15) is 0 Å². The third kappa shape index (κ3) is 5.97. The van der Waals surface area contributed by atoms with Crippen LogP contribution < -0.4 is 5.32 Å². The highest BCUT2D eigenvalue weighted by molar-refractivity contribution is 5.22. The molecule has 4 heteroatoms. The molecule has 1 aromatic rings. The molecule has 0 spiro atoms. The summed E-state index contributed by atoms with van der Waals surface area (Å²) in [6, 6.07) is 3.62. The number of aliphatic hydroxyl groups is 1. The molecule has 1 unspecified atom stereocenters. The molecule has 20 heavy (non-hydrogen) atoms. The smallest absolute Gasteiger partial charge is 0.131 e. The molecule has 114 valence electrons. The van der Waals surface area contributed by atoms with Crippen molar-refractivity contribution < 1.29 is 13.9 Å². The molecule has 0 amide bonds. The lowest BCUT2D eigenvalue weighted by Crippen LogP contribution is -2.23. The highest BCUT2D eigenvalue weighted by Gasteiger charge is 2.16. The summed E-state index contributed by atoms with van der Waals surface area (Å²) in [5.41, 5.74) is -0.247. The van der Waals surface area contributed by atoms with Crippen molar-refractivity contribution >= 4 is 0 Å². The van der Waals surface area contributed by atoms with Crippen LogP contribution in [-0.4, -0.2) is 18.2 Å². The Morgan fingerprint density at radius 1 is 1.05 bits per heavy atom. The normalized spacial score (nSPS) is 12.6. The third-order valence-corrected chi connectivity index (χ3v) is 3.38. The molecule has 0 aliphatic rings. The Morgan fingerprint density at radius 3 is 2.30 bits per heavy atom. The predicted molar refractivity (Wildman–Crippen MR) is 77.6 cm³/mol. The quantitative estimate of drug-likeness (QED) is 0.638. The zero-order chi connectivity index (χ0) is 14.8. The SMILES string of the molecule is CCCCCCCCNCC(O)c1c(F)cccc1F. The van der Waals surface area contributed by atoms with Gasteiger partial charge < -0.3 is 10.4 Å². The number of aliphatic hydroxyl groups excluding tert-OH is 1. The first kappa shape index (κ1) is 17.1. The van der Waals surface area contributed by atoms with Crippen LogP contribution in [0.5, 0.6) is 0 Å². The van der Waals surface area contributed by atoms with Crippen LogP contribution in [0.2, 0.25) is 0 Å². The van der Waals surface area contributed by atoms with Crippen LogP contribution in [0, 0.1) is 11.6 Å². The minimum atomic E-state index is -1.14. The van der Waals surface area contributed by atoms with Gasteiger partial charge >= 0.3 is 0 Å². The predicted octanol–water partition coefficient (Wildman–Crippen LogP) is 3.95. The van der Waals surface area contributed by atoms with Crippen molar-refractivity contribution in [2.45, 2.75) is 51.6 Å². The van der Waals surface area contributed by atoms with Crippen molar-refractivity contribution in [1.29, 1.82) is 0 Å². The van der Waals surface area contributed by atoms with E-state index in [0.717, 1.165) is 31.5 Å². The van der Waals surface area contributed by atoms with E-state index in [-0.39, 0.29) is 12.1 Å². The fraction of sp³-hybridized carbons (Fsp3) is 0.625. The van der Waals surface area contributed by atoms with Gasteiger partial charge in [-0.15, -0.1) is 0 Å². The number of hydrogen-bond donors (Lipinski definition) is 2. The molecule has 1 atom stereocenters. The van der Waals surface area contributed by atoms with Crippen LogP contribution in [-0.2, 0) is 0 Å². The molecular weight excluding hydrogens is 260 g/mol. The Balaban J connectivity index is 2.19. The Kier molecular flexibility index (Phi) is 8.38. The lowest BCUT2D eigenvalue weighted by atomic mass is 10.1. The highest BCUT2D eigenvalue weighted by Crippen LogP contribution is 2.19. The molecule has 0 aliphatic heterocycles. The van der Waals surface area contributed by atoms with Crippen molar-refractivity contribution in [1.82, 2.24) is 5.32 Å².